The zero-order chi connectivity index (χ0) is 21.9. The van der Waals surface area contributed by atoms with E-state index in [9.17, 15) is 22.4 Å². The minimum absolute atomic E-state index is 0.0778. The lowest BCUT2D eigenvalue weighted by Crippen LogP contribution is -2.36. The van der Waals surface area contributed by atoms with Gasteiger partial charge in [0.2, 0.25) is 15.9 Å². The fraction of sp³-hybridized carbons (Fsp3) is 0.368. The third-order valence-corrected chi connectivity index (χ3v) is 6.27. The van der Waals surface area contributed by atoms with Gasteiger partial charge in [0, 0.05) is 24.1 Å². The number of likely N-dealkylation sites (N-methyl/N-ethyl adjacent to an activating group) is 1. The van der Waals surface area contributed by atoms with Gasteiger partial charge >= 0.3 is 5.97 Å². The van der Waals surface area contributed by atoms with Crippen LogP contribution >= 0.6 is 0 Å². The van der Waals surface area contributed by atoms with Crippen molar-refractivity contribution in [2.24, 2.45) is 0 Å². The SMILES string of the molecule is CCOC(=O)c1c(C)[nH]c(C)c1S(=O)(=O)N(C)CC(=O)Nc1ccc(F)cc1C. The summed E-state index contributed by atoms with van der Waals surface area (Å²) in [5.41, 5.74) is 1.44. The van der Waals surface area contributed by atoms with E-state index in [0.717, 1.165) is 4.31 Å². The lowest BCUT2D eigenvalue weighted by atomic mass is 10.2. The first-order valence-electron chi connectivity index (χ1n) is 8.87. The lowest BCUT2D eigenvalue weighted by Gasteiger charge is -2.18. The molecule has 0 aliphatic heterocycles. The highest BCUT2D eigenvalue weighted by Gasteiger charge is 2.33. The predicted molar refractivity (Wildman–Crippen MR) is 106 cm³/mol. The Morgan fingerprint density at radius 1 is 1.21 bits per heavy atom. The number of sulfonamides is 1. The van der Waals surface area contributed by atoms with Crippen LogP contribution in [0.4, 0.5) is 10.1 Å². The number of amides is 1. The van der Waals surface area contributed by atoms with Crippen molar-refractivity contribution in [1.29, 1.82) is 0 Å². The smallest absolute Gasteiger partial charge is 0.341 e. The van der Waals surface area contributed by atoms with E-state index < -0.39 is 34.3 Å². The minimum Gasteiger partial charge on any atom is -0.462 e. The van der Waals surface area contributed by atoms with Crippen molar-refractivity contribution >= 4 is 27.6 Å². The quantitative estimate of drug-likeness (QED) is 0.663. The van der Waals surface area contributed by atoms with Gasteiger partial charge in [-0.2, -0.15) is 4.31 Å². The van der Waals surface area contributed by atoms with Crippen LogP contribution in [0.2, 0.25) is 0 Å². The van der Waals surface area contributed by atoms with E-state index in [1.54, 1.807) is 20.8 Å². The fourth-order valence-electron chi connectivity index (χ4n) is 2.93. The minimum atomic E-state index is -4.17. The standard InChI is InChI=1S/C19H24FN3O5S/c1-6-28-19(25)17-12(3)21-13(4)18(17)29(26,27)23(5)10-16(24)22-15-8-7-14(20)9-11(15)2/h7-9,21H,6,10H2,1-5H3,(H,22,24). The summed E-state index contributed by atoms with van der Waals surface area (Å²) in [7, 11) is -2.93. The number of aromatic amines is 1. The highest BCUT2D eigenvalue weighted by Crippen LogP contribution is 2.27. The number of rotatable bonds is 7. The second-order valence-electron chi connectivity index (χ2n) is 6.57. The van der Waals surface area contributed by atoms with Crippen molar-refractivity contribution in [2.75, 3.05) is 25.5 Å². The molecule has 0 atom stereocenters. The molecule has 0 bridgehead atoms. The molecule has 0 saturated carbocycles. The number of carbonyl (C=O) groups excluding carboxylic acids is 2. The zero-order valence-corrected chi connectivity index (χ0v) is 17.7. The molecule has 2 N–H and O–H groups in total. The van der Waals surface area contributed by atoms with Crippen molar-refractivity contribution in [1.82, 2.24) is 9.29 Å². The number of esters is 1. The summed E-state index contributed by atoms with van der Waals surface area (Å²) < 4.78 is 45.1. The Balaban J connectivity index is 2.27. The third-order valence-electron chi connectivity index (χ3n) is 4.29. The number of H-pyrrole nitrogens is 1. The largest absolute Gasteiger partial charge is 0.462 e. The fourth-order valence-corrected chi connectivity index (χ4v) is 4.46. The molecule has 0 fully saturated rings. The Labute approximate surface area is 169 Å². The van der Waals surface area contributed by atoms with E-state index in [0.29, 0.717) is 16.9 Å². The Kier molecular flexibility index (Phi) is 6.81. The van der Waals surface area contributed by atoms with Gasteiger partial charge in [-0.15, -0.1) is 0 Å². The molecule has 0 radical (unpaired) electrons. The molecule has 1 amide bonds. The Hall–Kier alpha value is -2.72. The van der Waals surface area contributed by atoms with Crippen molar-refractivity contribution < 1.29 is 27.1 Å². The van der Waals surface area contributed by atoms with Crippen LogP contribution in [0.15, 0.2) is 23.1 Å². The number of halogens is 1. The summed E-state index contributed by atoms with van der Waals surface area (Å²) in [6.07, 6.45) is 0. The summed E-state index contributed by atoms with van der Waals surface area (Å²) in [6.45, 7) is 5.94. The topological polar surface area (TPSA) is 109 Å². The van der Waals surface area contributed by atoms with Crippen LogP contribution < -0.4 is 5.32 Å². The molecule has 29 heavy (non-hydrogen) atoms. The average Bonchev–Trinajstić information content (AvgIpc) is 2.92. The van der Waals surface area contributed by atoms with E-state index in [2.05, 4.69) is 10.3 Å². The lowest BCUT2D eigenvalue weighted by molar-refractivity contribution is -0.116. The number of aromatic nitrogens is 1. The van der Waals surface area contributed by atoms with Crippen LogP contribution in [0.1, 0.15) is 34.2 Å². The number of ether oxygens (including phenoxy) is 1. The number of hydrogen-bond acceptors (Lipinski definition) is 5. The first-order chi connectivity index (χ1) is 13.5. The molecule has 0 saturated heterocycles. The van der Waals surface area contributed by atoms with Crippen molar-refractivity contribution in [3.05, 3.63) is 46.5 Å². The summed E-state index contributed by atoms with van der Waals surface area (Å²) in [4.78, 5) is 27.2. The number of aryl methyl sites for hydroxylation is 3. The summed E-state index contributed by atoms with van der Waals surface area (Å²) >= 11 is 0. The molecule has 1 aromatic heterocycles. The molecule has 0 spiro atoms. The van der Waals surface area contributed by atoms with Crippen molar-refractivity contribution in [3.63, 3.8) is 0 Å². The number of nitrogens with one attached hydrogen (secondary N) is 2. The Morgan fingerprint density at radius 3 is 2.45 bits per heavy atom. The molecule has 0 aliphatic carbocycles. The van der Waals surface area contributed by atoms with E-state index in [1.807, 2.05) is 0 Å². The molecule has 8 nitrogen and oxygen atoms in total. The van der Waals surface area contributed by atoms with Gasteiger partial charge in [-0.25, -0.2) is 17.6 Å². The molecule has 158 valence electrons. The highest BCUT2D eigenvalue weighted by molar-refractivity contribution is 7.89. The van der Waals surface area contributed by atoms with Gasteiger partial charge in [-0.05, 0) is 51.5 Å². The molecule has 1 heterocycles. The summed E-state index contributed by atoms with van der Waals surface area (Å²) in [5, 5.41) is 2.56. The Morgan fingerprint density at radius 2 is 1.86 bits per heavy atom. The number of carbonyl (C=O) groups is 2. The van der Waals surface area contributed by atoms with Crippen LogP contribution in [0.5, 0.6) is 0 Å². The van der Waals surface area contributed by atoms with Crippen LogP contribution in [-0.2, 0) is 19.6 Å². The summed E-state index contributed by atoms with van der Waals surface area (Å²) in [6, 6.07) is 3.85. The first-order valence-corrected chi connectivity index (χ1v) is 10.3. The molecule has 10 heteroatoms. The number of hydrogen-bond donors (Lipinski definition) is 2. The van der Waals surface area contributed by atoms with Gasteiger partial charge in [-0.1, -0.05) is 0 Å². The molecular weight excluding hydrogens is 401 g/mol. The second-order valence-corrected chi connectivity index (χ2v) is 8.55. The highest BCUT2D eigenvalue weighted by atomic mass is 32.2. The molecule has 0 aliphatic rings. The number of anilines is 1. The maximum Gasteiger partial charge on any atom is 0.341 e. The maximum atomic E-state index is 13.2. The maximum absolute atomic E-state index is 13.2. The van der Waals surface area contributed by atoms with E-state index >= 15 is 0 Å². The molecule has 2 aromatic rings. The number of benzene rings is 1. The van der Waals surface area contributed by atoms with E-state index in [-0.39, 0.29) is 22.8 Å². The first kappa shape index (κ1) is 22.6. The second kappa shape index (κ2) is 8.75. The normalized spacial score (nSPS) is 11.6. The van der Waals surface area contributed by atoms with Gasteiger partial charge in [0.25, 0.3) is 0 Å². The van der Waals surface area contributed by atoms with Gasteiger partial charge in [-0.3, -0.25) is 4.79 Å². The van der Waals surface area contributed by atoms with Crippen LogP contribution in [0.25, 0.3) is 0 Å². The van der Waals surface area contributed by atoms with Gasteiger partial charge in [0.15, 0.2) is 0 Å². The van der Waals surface area contributed by atoms with Crippen LogP contribution in [0, 0.1) is 26.6 Å². The van der Waals surface area contributed by atoms with Gasteiger partial charge in [0.1, 0.15) is 16.3 Å². The zero-order valence-electron chi connectivity index (χ0n) is 16.9. The monoisotopic (exact) mass is 425 g/mol. The molecular formula is C19H24FN3O5S. The van der Waals surface area contributed by atoms with Crippen molar-refractivity contribution in [2.45, 2.75) is 32.6 Å². The molecule has 2 rings (SSSR count). The van der Waals surface area contributed by atoms with Crippen molar-refractivity contribution in [3.8, 4) is 0 Å². The Bertz CT molecular complexity index is 1050. The summed E-state index contributed by atoms with van der Waals surface area (Å²) in [5.74, 6) is -1.80. The van der Waals surface area contributed by atoms with E-state index in [1.165, 1.54) is 32.2 Å². The van der Waals surface area contributed by atoms with Gasteiger partial charge in [0.05, 0.1) is 13.2 Å². The average molecular weight is 425 g/mol. The van der Waals surface area contributed by atoms with Crippen LogP contribution in [-0.4, -0.2) is 49.8 Å². The predicted octanol–water partition coefficient (Wildman–Crippen LogP) is 2.51. The van der Waals surface area contributed by atoms with Gasteiger partial charge < -0.3 is 15.0 Å². The van der Waals surface area contributed by atoms with Crippen LogP contribution in [0.3, 0.4) is 0 Å². The molecule has 0 unspecified atom stereocenters. The van der Waals surface area contributed by atoms with E-state index in [4.69, 9.17) is 4.74 Å². The molecule has 1 aromatic carbocycles. The third kappa shape index (κ3) is 4.83. The number of nitrogens with zero attached hydrogens (tertiary/aromatic N) is 1.